The fourth-order valence-electron chi connectivity index (χ4n) is 2.63. The number of amides is 1. The molecule has 0 heterocycles. The Morgan fingerprint density at radius 2 is 1.52 bits per heavy atom. The van der Waals surface area contributed by atoms with Gasteiger partial charge in [0.15, 0.2) is 0 Å². The van der Waals surface area contributed by atoms with Crippen molar-refractivity contribution in [3.63, 3.8) is 0 Å². The summed E-state index contributed by atoms with van der Waals surface area (Å²) >= 11 is 0. The van der Waals surface area contributed by atoms with Crippen LogP contribution in [-0.4, -0.2) is 20.9 Å². The largest absolute Gasteiger partial charge is 0.352 e. The van der Waals surface area contributed by atoms with Crippen molar-refractivity contribution >= 4 is 21.6 Å². The molecule has 0 unspecified atom stereocenters. The summed E-state index contributed by atoms with van der Waals surface area (Å²) < 4.78 is 53.5. The first-order valence-corrected chi connectivity index (χ1v) is 10.2. The average molecular weight is 416 g/mol. The van der Waals surface area contributed by atoms with Crippen LogP contribution in [0.5, 0.6) is 0 Å². The molecule has 0 spiro atoms. The van der Waals surface area contributed by atoms with E-state index in [-0.39, 0.29) is 28.9 Å². The lowest BCUT2D eigenvalue weighted by Crippen LogP contribution is -2.25. The Bertz CT molecular complexity index is 1100. The molecule has 0 saturated carbocycles. The highest BCUT2D eigenvalue weighted by molar-refractivity contribution is 7.92. The molecule has 0 atom stereocenters. The number of sulfonamides is 1. The third kappa shape index (κ3) is 5.39. The molecule has 0 aliphatic carbocycles. The minimum Gasteiger partial charge on any atom is -0.352 e. The van der Waals surface area contributed by atoms with E-state index in [4.69, 9.17) is 0 Å². The summed E-state index contributed by atoms with van der Waals surface area (Å²) in [6.07, 6.45) is 0.355. The zero-order valence-corrected chi connectivity index (χ0v) is 16.0. The lowest BCUT2D eigenvalue weighted by molar-refractivity contribution is 0.0954. The predicted octanol–water partition coefficient (Wildman–Crippen LogP) is 3.74. The van der Waals surface area contributed by atoms with Gasteiger partial charge in [-0.1, -0.05) is 18.2 Å². The van der Waals surface area contributed by atoms with Gasteiger partial charge in [-0.2, -0.15) is 0 Å². The molecule has 1 amide bonds. The van der Waals surface area contributed by atoms with E-state index in [0.29, 0.717) is 17.5 Å². The van der Waals surface area contributed by atoms with Crippen LogP contribution in [0.25, 0.3) is 0 Å². The van der Waals surface area contributed by atoms with Crippen molar-refractivity contribution < 1.29 is 22.0 Å². The number of rotatable bonds is 7. The van der Waals surface area contributed by atoms with Gasteiger partial charge in [-0.25, -0.2) is 17.2 Å². The maximum absolute atomic E-state index is 13.6. The van der Waals surface area contributed by atoms with Crippen LogP contribution in [0.2, 0.25) is 0 Å². The van der Waals surface area contributed by atoms with E-state index in [1.54, 1.807) is 18.2 Å². The first-order valence-electron chi connectivity index (χ1n) is 8.75. The summed E-state index contributed by atoms with van der Waals surface area (Å²) in [5, 5.41) is 2.69. The van der Waals surface area contributed by atoms with Gasteiger partial charge in [0.2, 0.25) is 0 Å². The smallest absolute Gasteiger partial charge is 0.261 e. The van der Waals surface area contributed by atoms with Gasteiger partial charge >= 0.3 is 0 Å². The second kappa shape index (κ2) is 8.83. The van der Waals surface area contributed by atoms with Crippen LogP contribution in [0, 0.1) is 11.6 Å². The van der Waals surface area contributed by atoms with Crippen LogP contribution in [0.15, 0.2) is 77.7 Å². The van der Waals surface area contributed by atoms with Gasteiger partial charge < -0.3 is 5.32 Å². The van der Waals surface area contributed by atoms with E-state index < -0.39 is 15.8 Å². The molecule has 0 radical (unpaired) electrons. The van der Waals surface area contributed by atoms with Crippen LogP contribution < -0.4 is 10.0 Å². The third-order valence-corrected chi connectivity index (χ3v) is 5.56. The van der Waals surface area contributed by atoms with Crippen molar-refractivity contribution in [3.8, 4) is 0 Å². The Hall–Kier alpha value is -3.26. The molecule has 0 aliphatic rings. The van der Waals surface area contributed by atoms with E-state index in [1.165, 1.54) is 30.3 Å². The van der Waals surface area contributed by atoms with Crippen molar-refractivity contribution in [2.75, 3.05) is 11.3 Å². The Morgan fingerprint density at radius 3 is 2.17 bits per heavy atom. The predicted molar refractivity (Wildman–Crippen MR) is 106 cm³/mol. The van der Waals surface area contributed by atoms with Gasteiger partial charge in [-0.3, -0.25) is 9.52 Å². The van der Waals surface area contributed by atoms with E-state index >= 15 is 0 Å². The zero-order valence-electron chi connectivity index (χ0n) is 15.2. The van der Waals surface area contributed by atoms with Gasteiger partial charge in [0.05, 0.1) is 4.90 Å². The highest BCUT2D eigenvalue weighted by Crippen LogP contribution is 2.17. The van der Waals surface area contributed by atoms with Crippen molar-refractivity contribution in [2.24, 2.45) is 0 Å². The molecule has 0 aliphatic heterocycles. The van der Waals surface area contributed by atoms with Crippen molar-refractivity contribution in [1.82, 2.24) is 5.32 Å². The second-order valence-electron chi connectivity index (χ2n) is 6.23. The summed E-state index contributed by atoms with van der Waals surface area (Å²) in [7, 11) is -3.86. The van der Waals surface area contributed by atoms with E-state index in [2.05, 4.69) is 10.0 Å². The van der Waals surface area contributed by atoms with Gasteiger partial charge in [-0.15, -0.1) is 0 Å². The molecule has 3 rings (SSSR count). The normalized spacial score (nSPS) is 11.1. The highest BCUT2D eigenvalue weighted by Gasteiger charge is 2.14. The second-order valence-corrected chi connectivity index (χ2v) is 7.92. The number of carbonyl (C=O) groups excluding carboxylic acids is 1. The summed E-state index contributed by atoms with van der Waals surface area (Å²) in [5.41, 5.74) is 1.11. The standard InChI is InChI=1S/C21H18F2N2O3S/c22-17-7-11-19(12-8-17)29(27,28)25-18-9-5-16(6-10-18)21(26)24-14-13-15-3-1-2-4-20(15)23/h1-12,25H,13-14H2,(H,24,26). The Balaban J connectivity index is 1.58. The molecule has 3 aromatic carbocycles. The van der Waals surface area contributed by atoms with Crippen LogP contribution in [-0.2, 0) is 16.4 Å². The molecule has 0 aromatic heterocycles. The lowest BCUT2D eigenvalue weighted by atomic mass is 10.1. The third-order valence-electron chi connectivity index (χ3n) is 4.16. The summed E-state index contributed by atoms with van der Waals surface area (Å²) in [4.78, 5) is 12.1. The maximum atomic E-state index is 13.6. The van der Waals surface area contributed by atoms with Gasteiger partial charge in [-0.05, 0) is 66.6 Å². The number of hydrogen-bond acceptors (Lipinski definition) is 3. The maximum Gasteiger partial charge on any atom is 0.261 e. The minimum atomic E-state index is -3.86. The number of benzene rings is 3. The topological polar surface area (TPSA) is 75.3 Å². The van der Waals surface area contributed by atoms with Crippen LogP contribution in [0.3, 0.4) is 0 Å². The first-order chi connectivity index (χ1) is 13.8. The van der Waals surface area contributed by atoms with Gasteiger partial charge in [0, 0.05) is 17.8 Å². The molecular weight excluding hydrogens is 398 g/mol. The van der Waals surface area contributed by atoms with Crippen LogP contribution in [0.1, 0.15) is 15.9 Å². The van der Waals surface area contributed by atoms with Crippen LogP contribution >= 0.6 is 0 Å². The summed E-state index contributed by atoms with van der Waals surface area (Å²) in [6, 6.07) is 16.6. The fourth-order valence-corrected chi connectivity index (χ4v) is 3.69. The fraction of sp³-hybridized carbons (Fsp3) is 0.0952. The number of carbonyl (C=O) groups is 1. The molecule has 8 heteroatoms. The Kier molecular flexibility index (Phi) is 6.23. The molecule has 0 fully saturated rings. The molecule has 2 N–H and O–H groups in total. The first kappa shape index (κ1) is 20.5. The number of nitrogens with one attached hydrogen (secondary N) is 2. The molecule has 0 bridgehead atoms. The number of hydrogen-bond donors (Lipinski definition) is 2. The molecular formula is C21H18F2N2O3S. The average Bonchev–Trinajstić information content (AvgIpc) is 2.70. The van der Waals surface area contributed by atoms with Crippen molar-refractivity contribution in [3.05, 3.63) is 95.6 Å². The van der Waals surface area contributed by atoms with Crippen molar-refractivity contribution in [2.45, 2.75) is 11.3 Å². The van der Waals surface area contributed by atoms with Crippen molar-refractivity contribution in [1.29, 1.82) is 0 Å². The SMILES string of the molecule is O=C(NCCc1ccccc1F)c1ccc(NS(=O)(=O)c2ccc(F)cc2)cc1. The Morgan fingerprint density at radius 1 is 0.862 bits per heavy atom. The lowest BCUT2D eigenvalue weighted by Gasteiger charge is -2.09. The molecule has 0 saturated heterocycles. The zero-order chi connectivity index (χ0) is 20.9. The Labute approximate surface area is 167 Å². The van der Waals surface area contributed by atoms with E-state index in [9.17, 15) is 22.0 Å². The van der Waals surface area contributed by atoms with Crippen LogP contribution in [0.4, 0.5) is 14.5 Å². The number of halogens is 2. The molecule has 3 aromatic rings. The van der Waals surface area contributed by atoms with E-state index in [1.807, 2.05) is 0 Å². The van der Waals surface area contributed by atoms with Gasteiger partial charge in [0.1, 0.15) is 11.6 Å². The minimum absolute atomic E-state index is 0.0751. The van der Waals surface area contributed by atoms with E-state index in [0.717, 1.165) is 24.3 Å². The van der Waals surface area contributed by atoms with Gasteiger partial charge in [0.25, 0.3) is 15.9 Å². The number of anilines is 1. The monoisotopic (exact) mass is 416 g/mol. The molecule has 150 valence electrons. The quantitative estimate of drug-likeness (QED) is 0.616. The highest BCUT2D eigenvalue weighted by atomic mass is 32.2. The summed E-state index contributed by atoms with van der Waals surface area (Å²) in [6.45, 7) is 0.263. The molecule has 5 nitrogen and oxygen atoms in total. The molecule has 29 heavy (non-hydrogen) atoms. The summed E-state index contributed by atoms with van der Waals surface area (Å²) in [5.74, 6) is -1.21.